The molecule has 0 heterocycles. The van der Waals surface area contributed by atoms with Gasteiger partial charge in [-0.05, 0) is 106 Å². The third-order valence-electron chi connectivity index (χ3n) is 9.83. The summed E-state index contributed by atoms with van der Waals surface area (Å²) in [5.74, 6) is 7.00. The molecule has 0 aromatic rings. The lowest BCUT2D eigenvalue weighted by Gasteiger charge is -2.57. The fraction of sp³-hybridized carbons (Fsp3) is 0.880. The molecule has 5 aliphatic rings. The molecule has 0 aromatic heterocycles. The van der Waals surface area contributed by atoms with E-state index in [1.165, 1.54) is 70.6 Å². The second-order valence-electron chi connectivity index (χ2n) is 10.8. The van der Waals surface area contributed by atoms with E-state index in [-0.39, 0.29) is 11.4 Å². The number of ether oxygens (including phenoxy) is 1. The van der Waals surface area contributed by atoms with Crippen LogP contribution in [0.15, 0.2) is 12.3 Å². The molecule has 0 radical (unpaired) electrons. The second kappa shape index (κ2) is 6.92. The molecule has 8 atom stereocenters. The SMILES string of the molecule is C=C(C)OC(=O)C12CCCC1C1CCC3C4CCCCC4CCC3C1CC2. The van der Waals surface area contributed by atoms with Crippen molar-refractivity contribution in [2.24, 2.45) is 46.8 Å². The number of carbonyl (C=O) groups excluding carboxylic acids is 1. The minimum absolute atomic E-state index is 0.0639. The number of hydrogen-bond donors (Lipinski definition) is 0. The number of rotatable bonds is 2. The van der Waals surface area contributed by atoms with Gasteiger partial charge in [0.2, 0.25) is 0 Å². The van der Waals surface area contributed by atoms with Gasteiger partial charge >= 0.3 is 5.97 Å². The van der Waals surface area contributed by atoms with Crippen molar-refractivity contribution in [1.82, 2.24) is 0 Å². The van der Waals surface area contributed by atoms with Gasteiger partial charge < -0.3 is 4.74 Å². The summed E-state index contributed by atoms with van der Waals surface area (Å²) in [4.78, 5) is 13.1. The highest BCUT2D eigenvalue weighted by molar-refractivity contribution is 5.78. The molecular weight excluding hydrogens is 332 g/mol. The van der Waals surface area contributed by atoms with Crippen LogP contribution in [0.2, 0.25) is 0 Å². The molecule has 2 nitrogen and oxygen atoms in total. The first-order valence-corrected chi connectivity index (χ1v) is 12.0. The average Bonchev–Trinajstić information content (AvgIpc) is 3.12. The van der Waals surface area contributed by atoms with Crippen LogP contribution < -0.4 is 0 Å². The van der Waals surface area contributed by atoms with E-state index in [0.717, 1.165) is 48.3 Å². The van der Waals surface area contributed by atoms with Crippen molar-refractivity contribution >= 4 is 5.97 Å². The maximum absolute atomic E-state index is 13.1. The monoisotopic (exact) mass is 370 g/mol. The Kier molecular flexibility index (Phi) is 4.68. The van der Waals surface area contributed by atoms with Gasteiger partial charge in [0, 0.05) is 0 Å². The quantitative estimate of drug-likeness (QED) is 0.409. The zero-order chi connectivity index (χ0) is 18.6. The maximum atomic E-state index is 13.1. The molecular formula is C25H38O2. The Balaban J connectivity index is 1.37. The summed E-state index contributed by atoms with van der Waals surface area (Å²) >= 11 is 0. The Hall–Kier alpha value is -0.790. The summed E-state index contributed by atoms with van der Waals surface area (Å²) < 4.78 is 5.62. The predicted octanol–water partition coefficient (Wildman–Crippen LogP) is 6.50. The highest BCUT2D eigenvalue weighted by Crippen LogP contribution is 2.64. The Morgan fingerprint density at radius 2 is 1.48 bits per heavy atom. The van der Waals surface area contributed by atoms with Crippen LogP contribution in [0.3, 0.4) is 0 Å². The number of fused-ring (bicyclic) bond motifs is 7. The van der Waals surface area contributed by atoms with Gasteiger partial charge in [-0.15, -0.1) is 0 Å². The van der Waals surface area contributed by atoms with Crippen LogP contribution in [0.5, 0.6) is 0 Å². The summed E-state index contributed by atoms with van der Waals surface area (Å²) in [6.45, 7) is 5.65. The van der Waals surface area contributed by atoms with Crippen molar-refractivity contribution in [3.8, 4) is 0 Å². The van der Waals surface area contributed by atoms with Crippen molar-refractivity contribution in [1.29, 1.82) is 0 Å². The molecule has 2 heteroatoms. The Bertz CT molecular complexity index is 609. The van der Waals surface area contributed by atoms with E-state index in [2.05, 4.69) is 6.58 Å². The average molecular weight is 371 g/mol. The molecule has 5 aliphatic carbocycles. The fourth-order valence-electron chi connectivity index (χ4n) is 8.97. The summed E-state index contributed by atoms with van der Waals surface area (Å²) in [5.41, 5.74) is -0.172. The van der Waals surface area contributed by atoms with Gasteiger partial charge in [-0.25, -0.2) is 0 Å². The normalized spacial score (nSPS) is 48.6. The van der Waals surface area contributed by atoms with Crippen LogP contribution in [-0.4, -0.2) is 5.97 Å². The van der Waals surface area contributed by atoms with Crippen LogP contribution in [0.4, 0.5) is 0 Å². The van der Waals surface area contributed by atoms with Gasteiger partial charge in [0.25, 0.3) is 0 Å². The van der Waals surface area contributed by atoms with E-state index in [9.17, 15) is 4.79 Å². The lowest BCUT2D eigenvalue weighted by Crippen LogP contribution is -2.52. The first-order valence-electron chi connectivity index (χ1n) is 12.0. The third-order valence-corrected chi connectivity index (χ3v) is 9.83. The summed E-state index contributed by atoms with van der Waals surface area (Å²) in [7, 11) is 0. The molecule has 0 amide bonds. The Morgan fingerprint density at radius 1 is 0.778 bits per heavy atom. The molecule has 0 N–H and O–H groups in total. The largest absolute Gasteiger partial charge is 0.432 e. The third kappa shape index (κ3) is 2.84. The van der Waals surface area contributed by atoms with Gasteiger partial charge in [0.05, 0.1) is 11.2 Å². The van der Waals surface area contributed by atoms with Crippen molar-refractivity contribution in [2.75, 3.05) is 0 Å². The minimum atomic E-state index is -0.172. The van der Waals surface area contributed by atoms with Crippen molar-refractivity contribution in [2.45, 2.75) is 90.4 Å². The van der Waals surface area contributed by atoms with Crippen molar-refractivity contribution < 1.29 is 9.53 Å². The molecule has 5 rings (SSSR count). The number of allylic oxidation sites excluding steroid dienone is 1. The first kappa shape index (κ1) is 18.3. The van der Waals surface area contributed by atoms with Gasteiger partial charge in [-0.2, -0.15) is 0 Å². The molecule has 5 saturated carbocycles. The molecule has 0 bridgehead atoms. The lowest BCUT2D eigenvalue weighted by molar-refractivity contribution is -0.164. The molecule has 0 aromatic carbocycles. The van der Waals surface area contributed by atoms with Gasteiger partial charge in [-0.3, -0.25) is 4.79 Å². The number of hydrogen-bond acceptors (Lipinski definition) is 2. The molecule has 0 spiro atoms. The first-order chi connectivity index (χ1) is 13.1. The molecule has 8 unspecified atom stereocenters. The van der Waals surface area contributed by atoms with Crippen LogP contribution >= 0.6 is 0 Å². The lowest BCUT2D eigenvalue weighted by atomic mass is 9.47. The molecule has 0 saturated heterocycles. The summed E-state index contributed by atoms with van der Waals surface area (Å²) in [6, 6.07) is 0. The number of esters is 1. The van der Waals surface area contributed by atoms with Crippen LogP contribution in [0.25, 0.3) is 0 Å². The van der Waals surface area contributed by atoms with E-state index in [1.54, 1.807) is 0 Å². The minimum Gasteiger partial charge on any atom is -0.432 e. The predicted molar refractivity (Wildman–Crippen MR) is 108 cm³/mol. The van der Waals surface area contributed by atoms with E-state index in [4.69, 9.17) is 4.74 Å². The second-order valence-corrected chi connectivity index (χ2v) is 10.8. The Morgan fingerprint density at radius 3 is 2.33 bits per heavy atom. The van der Waals surface area contributed by atoms with Gasteiger partial charge in [0.15, 0.2) is 0 Å². The van der Waals surface area contributed by atoms with Crippen molar-refractivity contribution in [3.05, 3.63) is 12.3 Å². The summed E-state index contributed by atoms with van der Waals surface area (Å²) in [5, 5.41) is 0. The van der Waals surface area contributed by atoms with E-state index < -0.39 is 0 Å². The van der Waals surface area contributed by atoms with Crippen LogP contribution in [-0.2, 0) is 9.53 Å². The summed E-state index contributed by atoms with van der Waals surface area (Å²) in [6.07, 6.45) is 17.7. The standard InChI is InChI=1S/C25H38O2/c1-16(2)27-24(26)25-14-5-8-23(25)22-12-11-19-18-7-4-3-6-17(18)9-10-20(19)21(22)13-15-25/h17-23H,1,3-15H2,2H3. The number of carbonyl (C=O) groups is 1. The topological polar surface area (TPSA) is 26.3 Å². The van der Waals surface area contributed by atoms with Gasteiger partial charge in [-0.1, -0.05) is 32.3 Å². The van der Waals surface area contributed by atoms with E-state index >= 15 is 0 Å². The van der Waals surface area contributed by atoms with E-state index in [0.29, 0.717) is 11.7 Å². The molecule has 27 heavy (non-hydrogen) atoms. The smallest absolute Gasteiger partial charge is 0.317 e. The van der Waals surface area contributed by atoms with Crippen LogP contribution in [0.1, 0.15) is 90.4 Å². The maximum Gasteiger partial charge on any atom is 0.317 e. The van der Waals surface area contributed by atoms with E-state index in [1.807, 2.05) is 6.92 Å². The fourth-order valence-corrected chi connectivity index (χ4v) is 8.97. The van der Waals surface area contributed by atoms with Crippen LogP contribution in [0, 0.1) is 46.8 Å². The zero-order valence-electron chi connectivity index (χ0n) is 17.3. The van der Waals surface area contributed by atoms with Gasteiger partial charge in [0.1, 0.15) is 0 Å². The Labute approximate surface area is 165 Å². The van der Waals surface area contributed by atoms with Crippen molar-refractivity contribution in [3.63, 3.8) is 0 Å². The molecule has 0 aliphatic heterocycles. The molecule has 5 fully saturated rings. The highest BCUT2D eigenvalue weighted by Gasteiger charge is 2.60. The highest BCUT2D eigenvalue weighted by atomic mass is 16.5. The molecule has 150 valence electrons. The zero-order valence-corrected chi connectivity index (χ0v) is 17.3.